The molecule has 0 radical (unpaired) electrons. The molecule has 1 N–H and O–H groups in total. The average Bonchev–Trinajstić information content (AvgIpc) is 1.62. The Bertz CT molecular complexity index is 156. The summed E-state index contributed by atoms with van der Waals surface area (Å²) in [7, 11) is -3.75. The van der Waals surface area contributed by atoms with Gasteiger partial charge in [0.1, 0.15) is 0 Å². The summed E-state index contributed by atoms with van der Waals surface area (Å²) in [5.74, 6) is 0. The Morgan fingerprint density at radius 3 is 2.00 bits per heavy atom. The molecule has 0 aliphatic heterocycles. The first-order valence-corrected chi connectivity index (χ1v) is 3.95. The van der Waals surface area contributed by atoms with Crippen LogP contribution >= 0.6 is 0 Å². The van der Waals surface area contributed by atoms with E-state index in [1.807, 2.05) is 0 Å². The standard InChI is InChI=1S/C4H10O3S.Na.H/c1-3-4(2)8(5,6)7;;/h4H,3H2,1-2H3,(H,5,6,7);;/q;+1;-1. The van der Waals surface area contributed by atoms with Gasteiger partial charge in [-0.05, 0) is 13.3 Å². The smallest absolute Gasteiger partial charge is 1.00 e. The third-order valence-electron chi connectivity index (χ3n) is 1.08. The maximum absolute atomic E-state index is 10.1. The van der Waals surface area contributed by atoms with Crippen molar-refractivity contribution in [3.05, 3.63) is 0 Å². The average molecular weight is 162 g/mol. The molecule has 0 aliphatic rings. The molecule has 0 heterocycles. The van der Waals surface area contributed by atoms with Gasteiger partial charge in [-0.1, -0.05) is 6.92 Å². The molecule has 0 spiro atoms. The van der Waals surface area contributed by atoms with Crippen LogP contribution in [0.15, 0.2) is 0 Å². The summed E-state index contributed by atoms with van der Waals surface area (Å²) in [5.41, 5.74) is 0. The van der Waals surface area contributed by atoms with E-state index in [9.17, 15) is 8.42 Å². The fraction of sp³-hybridized carbons (Fsp3) is 1.00. The minimum absolute atomic E-state index is 0. The van der Waals surface area contributed by atoms with Gasteiger partial charge in [0.25, 0.3) is 10.1 Å². The van der Waals surface area contributed by atoms with E-state index < -0.39 is 15.4 Å². The molecule has 3 nitrogen and oxygen atoms in total. The summed E-state index contributed by atoms with van der Waals surface area (Å²) in [6.07, 6.45) is 0.457. The van der Waals surface area contributed by atoms with Gasteiger partial charge in [-0.25, -0.2) is 0 Å². The summed E-state index contributed by atoms with van der Waals surface area (Å²) in [6, 6.07) is 0. The van der Waals surface area contributed by atoms with Crippen molar-refractivity contribution in [2.75, 3.05) is 0 Å². The Morgan fingerprint density at radius 2 is 2.00 bits per heavy atom. The normalized spacial score (nSPS) is 14.1. The van der Waals surface area contributed by atoms with Gasteiger partial charge < -0.3 is 1.43 Å². The molecule has 1 atom stereocenters. The summed E-state index contributed by atoms with van der Waals surface area (Å²) in [6.45, 7) is 3.17. The molecule has 0 aromatic carbocycles. The van der Waals surface area contributed by atoms with Gasteiger partial charge in [0.2, 0.25) is 0 Å². The second-order valence-corrected chi connectivity index (χ2v) is 3.57. The van der Waals surface area contributed by atoms with E-state index in [1.165, 1.54) is 6.92 Å². The molecule has 0 fully saturated rings. The molecule has 0 rings (SSSR count). The molecule has 5 heteroatoms. The van der Waals surface area contributed by atoms with E-state index in [4.69, 9.17) is 4.55 Å². The zero-order valence-corrected chi connectivity index (χ0v) is 8.77. The molecule has 0 bridgehead atoms. The van der Waals surface area contributed by atoms with Crippen LogP contribution in [0.1, 0.15) is 21.7 Å². The fourth-order valence-electron chi connectivity index (χ4n) is 0.211. The molecule has 9 heavy (non-hydrogen) atoms. The van der Waals surface area contributed by atoms with Crippen molar-refractivity contribution in [2.24, 2.45) is 0 Å². The molecule has 0 aromatic heterocycles. The maximum atomic E-state index is 10.1. The second-order valence-electron chi connectivity index (χ2n) is 1.73. The molecule has 0 saturated carbocycles. The zero-order valence-electron chi connectivity index (χ0n) is 6.96. The van der Waals surface area contributed by atoms with Crippen LogP contribution in [0.5, 0.6) is 0 Å². The van der Waals surface area contributed by atoms with Crippen molar-refractivity contribution in [2.45, 2.75) is 25.5 Å². The summed E-state index contributed by atoms with van der Waals surface area (Å²) >= 11 is 0. The first-order valence-electron chi connectivity index (χ1n) is 2.44. The SMILES string of the molecule is CCC(C)S(=O)(=O)O.[H-].[Na+]. The third kappa shape index (κ3) is 5.36. The van der Waals surface area contributed by atoms with E-state index in [0.717, 1.165) is 0 Å². The molecule has 0 aliphatic carbocycles. The monoisotopic (exact) mass is 162 g/mol. The van der Waals surface area contributed by atoms with Gasteiger partial charge >= 0.3 is 29.6 Å². The Kier molecular flexibility index (Phi) is 6.54. The molecular weight excluding hydrogens is 151 g/mol. The third-order valence-corrected chi connectivity index (χ3v) is 2.43. The first kappa shape index (κ1) is 12.6. The van der Waals surface area contributed by atoms with Crippen molar-refractivity contribution in [1.29, 1.82) is 0 Å². The van der Waals surface area contributed by atoms with Crippen LogP contribution in [0.2, 0.25) is 0 Å². The Labute approximate surface area is 79.4 Å². The van der Waals surface area contributed by atoms with Crippen LogP contribution in [0.4, 0.5) is 0 Å². The van der Waals surface area contributed by atoms with Gasteiger partial charge in [0.15, 0.2) is 0 Å². The van der Waals surface area contributed by atoms with Crippen molar-refractivity contribution < 1.29 is 44.0 Å². The molecular formula is C4H11NaO3S. The van der Waals surface area contributed by atoms with Gasteiger partial charge in [-0.15, -0.1) is 0 Å². The quantitative estimate of drug-likeness (QED) is 0.370. The van der Waals surface area contributed by atoms with E-state index in [2.05, 4.69) is 0 Å². The van der Waals surface area contributed by atoms with Crippen LogP contribution in [-0.2, 0) is 10.1 Å². The minimum atomic E-state index is -3.75. The van der Waals surface area contributed by atoms with Crippen LogP contribution in [0, 0.1) is 0 Å². The maximum Gasteiger partial charge on any atom is 1.00 e. The molecule has 0 saturated heterocycles. The van der Waals surface area contributed by atoms with Crippen molar-refractivity contribution >= 4 is 10.1 Å². The Balaban J connectivity index is -0.000000245. The topological polar surface area (TPSA) is 54.4 Å². The number of rotatable bonds is 2. The zero-order chi connectivity index (χ0) is 6.78. The van der Waals surface area contributed by atoms with Crippen LogP contribution in [0.3, 0.4) is 0 Å². The van der Waals surface area contributed by atoms with Gasteiger partial charge in [0, 0.05) is 0 Å². The van der Waals surface area contributed by atoms with Gasteiger partial charge in [-0.3, -0.25) is 4.55 Å². The van der Waals surface area contributed by atoms with Crippen molar-refractivity contribution in [3.8, 4) is 0 Å². The van der Waals surface area contributed by atoms with E-state index in [1.54, 1.807) is 6.92 Å². The fourth-order valence-corrected chi connectivity index (χ4v) is 0.632. The Morgan fingerprint density at radius 1 is 1.67 bits per heavy atom. The van der Waals surface area contributed by atoms with Crippen LogP contribution < -0.4 is 29.6 Å². The minimum Gasteiger partial charge on any atom is -1.00 e. The summed E-state index contributed by atoms with van der Waals surface area (Å²) in [5, 5.41) is -0.623. The second kappa shape index (κ2) is 4.68. The van der Waals surface area contributed by atoms with E-state index in [-0.39, 0.29) is 31.0 Å². The van der Waals surface area contributed by atoms with Gasteiger partial charge in [0.05, 0.1) is 5.25 Å². The first-order chi connectivity index (χ1) is 3.48. The summed E-state index contributed by atoms with van der Waals surface area (Å²) < 4.78 is 28.5. The summed E-state index contributed by atoms with van der Waals surface area (Å²) in [4.78, 5) is 0. The predicted octanol–water partition coefficient (Wildman–Crippen LogP) is -2.21. The number of hydrogen-bond acceptors (Lipinski definition) is 2. The van der Waals surface area contributed by atoms with Crippen LogP contribution in [-0.4, -0.2) is 18.2 Å². The predicted molar refractivity (Wildman–Crippen MR) is 32.4 cm³/mol. The van der Waals surface area contributed by atoms with Crippen LogP contribution in [0.25, 0.3) is 0 Å². The molecule has 1 unspecified atom stereocenters. The van der Waals surface area contributed by atoms with Crippen molar-refractivity contribution in [3.63, 3.8) is 0 Å². The number of hydrogen-bond donors (Lipinski definition) is 1. The molecule has 0 amide bonds. The Hall–Kier alpha value is 0.910. The van der Waals surface area contributed by atoms with Crippen molar-refractivity contribution in [1.82, 2.24) is 0 Å². The van der Waals surface area contributed by atoms with E-state index >= 15 is 0 Å². The molecule has 0 aromatic rings. The molecule has 52 valence electrons. The van der Waals surface area contributed by atoms with Gasteiger partial charge in [-0.2, -0.15) is 8.42 Å². The van der Waals surface area contributed by atoms with E-state index in [0.29, 0.717) is 6.42 Å². The largest absolute Gasteiger partial charge is 1.00 e.